The number of nitrogens with zero attached hydrogens (tertiary/aromatic N) is 12. The van der Waals surface area contributed by atoms with Crippen LogP contribution in [-0.4, -0.2) is 21.8 Å². The van der Waals surface area contributed by atoms with Gasteiger partial charge in [-0.15, -0.1) is 0 Å². The van der Waals surface area contributed by atoms with Crippen molar-refractivity contribution < 1.29 is 103 Å². The molecule has 0 radical (unpaired) electrons. The fourth-order valence-electron chi connectivity index (χ4n) is 0. The summed E-state index contributed by atoms with van der Waals surface area (Å²) >= 11 is 0. The van der Waals surface area contributed by atoms with Gasteiger partial charge in [-0.25, -0.2) is 0 Å². The minimum Gasteiger partial charge on any atom is -0.418 e. The van der Waals surface area contributed by atoms with Crippen molar-refractivity contribution in [3.8, 4) is 72.8 Å². The zero-order valence-corrected chi connectivity index (χ0v) is 33.4. The Morgan fingerprint density at radius 1 is 0.204 bits per heavy atom. The third-order valence-electron chi connectivity index (χ3n) is 0. The molecule has 0 aliphatic carbocycles. The summed E-state index contributed by atoms with van der Waals surface area (Å²) in [6.07, 6.45) is 0. The molecule has 0 saturated heterocycles. The molecule has 0 N–H and O–H groups in total. The normalized spacial score (nSPS) is 5.11. The summed E-state index contributed by atoms with van der Waals surface area (Å²) in [5.41, 5.74) is 0. The summed E-state index contributed by atoms with van der Waals surface area (Å²) in [7, 11) is -18.0. The Bertz CT molecular complexity index is 826. The van der Waals surface area contributed by atoms with E-state index in [1.165, 1.54) is 83.1 Å². The van der Waals surface area contributed by atoms with Gasteiger partial charge in [-0.05, 0) is 0 Å². The first-order valence-electron chi connectivity index (χ1n) is 11.3. The van der Waals surface area contributed by atoms with Crippen LogP contribution in [0.3, 0.4) is 0 Å². The molecule has 0 aromatic carbocycles. The molecule has 0 amide bonds. The van der Waals surface area contributed by atoms with E-state index >= 15 is 0 Å². The standard InChI is InChI=1S/12C2H3N.3BF4.3Cu/c12*1-2-3;3*2-1(3,4)5;;;/h12*1H3;;;;;;/q;;;;;;;;;;;;3*-1;3*+1. The summed E-state index contributed by atoms with van der Waals surface area (Å²) < 4.78 is 117. The van der Waals surface area contributed by atoms with E-state index in [1.54, 1.807) is 72.8 Å². The van der Waals surface area contributed by atoms with Crippen LogP contribution in [0.25, 0.3) is 0 Å². The second-order valence-electron chi connectivity index (χ2n) is 4.17. The quantitative estimate of drug-likeness (QED) is 0.162. The van der Waals surface area contributed by atoms with Gasteiger partial charge in [0.05, 0.1) is 72.8 Å². The fraction of sp³-hybridized carbons (Fsp3) is 0.500. The van der Waals surface area contributed by atoms with Gasteiger partial charge in [-0.1, -0.05) is 0 Å². The minimum atomic E-state index is -6.00. The first-order chi connectivity index (χ1) is 23.0. The molecule has 0 bridgehead atoms. The molecule has 0 spiro atoms. The van der Waals surface area contributed by atoms with Crippen LogP contribution in [0.2, 0.25) is 0 Å². The molecule has 0 aromatic heterocycles. The summed E-state index contributed by atoms with van der Waals surface area (Å²) in [6.45, 7) is 17.2. The second kappa shape index (κ2) is 170. The third-order valence-corrected chi connectivity index (χ3v) is 0. The van der Waals surface area contributed by atoms with E-state index in [4.69, 9.17) is 63.1 Å². The Balaban J connectivity index is -0.0000000161. The molecule has 0 atom stereocenters. The fourth-order valence-corrected chi connectivity index (χ4v) is 0. The smallest absolute Gasteiger partial charge is 0.418 e. The summed E-state index contributed by atoms with van der Waals surface area (Å²) in [5.74, 6) is 0. The van der Waals surface area contributed by atoms with Crippen LogP contribution in [-0.2, 0) is 51.2 Å². The van der Waals surface area contributed by atoms with Crippen LogP contribution >= 0.6 is 0 Å². The molecule has 0 fully saturated rings. The Morgan fingerprint density at radius 2 is 0.204 bits per heavy atom. The van der Waals surface area contributed by atoms with E-state index < -0.39 is 21.8 Å². The largest absolute Gasteiger partial charge is 1.00 e. The van der Waals surface area contributed by atoms with E-state index in [-0.39, 0.29) is 51.2 Å². The molecular formula is C24H36B3Cu3F12N12. The van der Waals surface area contributed by atoms with Crippen LogP contribution in [0.4, 0.5) is 51.8 Å². The molecule has 0 heterocycles. The Kier molecular flexibility index (Phi) is 371. The van der Waals surface area contributed by atoms with Gasteiger partial charge in [0.2, 0.25) is 0 Å². The van der Waals surface area contributed by atoms with Crippen LogP contribution < -0.4 is 0 Å². The van der Waals surface area contributed by atoms with Crippen molar-refractivity contribution in [1.29, 1.82) is 63.1 Å². The average Bonchev–Trinajstić information content (AvgIpc) is 2.87. The monoisotopic (exact) mass is 942 g/mol. The van der Waals surface area contributed by atoms with Crippen molar-refractivity contribution in [3.63, 3.8) is 0 Å². The van der Waals surface area contributed by atoms with Gasteiger partial charge in [0.15, 0.2) is 0 Å². The van der Waals surface area contributed by atoms with Crippen molar-refractivity contribution in [2.24, 2.45) is 0 Å². The molecule has 0 saturated carbocycles. The molecule has 54 heavy (non-hydrogen) atoms. The summed E-state index contributed by atoms with van der Waals surface area (Å²) in [5, 5.41) is 87.8. The zero-order chi connectivity index (χ0) is 46.0. The molecule has 0 aliphatic heterocycles. The molecule has 0 unspecified atom stereocenters. The van der Waals surface area contributed by atoms with Gasteiger partial charge in [0.25, 0.3) is 0 Å². The molecule has 12 nitrogen and oxygen atoms in total. The van der Waals surface area contributed by atoms with E-state index in [9.17, 15) is 51.8 Å². The SMILES string of the molecule is CC#N.CC#N.CC#N.CC#N.CC#N.CC#N.CC#N.CC#N.CC#N.CC#N.CC#N.CC#N.F[B-](F)(F)F.F[B-](F)(F)F.F[B-](F)(F)F.[Cu+].[Cu+].[Cu+]. The summed E-state index contributed by atoms with van der Waals surface area (Å²) in [4.78, 5) is 0. The number of hydrogen-bond donors (Lipinski definition) is 0. The van der Waals surface area contributed by atoms with E-state index in [2.05, 4.69) is 0 Å². The maximum Gasteiger partial charge on any atom is 1.00 e. The molecule has 0 rings (SSSR count). The van der Waals surface area contributed by atoms with Crippen molar-refractivity contribution in [1.82, 2.24) is 0 Å². The van der Waals surface area contributed by atoms with Crippen molar-refractivity contribution >= 4 is 21.8 Å². The predicted octanol–water partition coefficient (Wildman–Crippen LogP) is 10.3. The number of hydrogen-bond acceptors (Lipinski definition) is 12. The second-order valence-corrected chi connectivity index (χ2v) is 4.17. The van der Waals surface area contributed by atoms with Gasteiger partial charge >= 0.3 is 73.0 Å². The van der Waals surface area contributed by atoms with E-state index in [0.717, 1.165) is 0 Å². The number of rotatable bonds is 0. The van der Waals surface area contributed by atoms with Crippen LogP contribution in [0.1, 0.15) is 83.1 Å². The van der Waals surface area contributed by atoms with Crippen molar-refractivity contribution in [2.45, 2.75) is 83.1 Å². The third kappa shape index (κ3) is 3620. The molecule has 0 aromatic rings. The van der Waals surface area contributed by atoms with Crippen molar-refractivity contribution in [2.75, 3.05) is 0 Å². The number of halogens is 12. The number of nitriles is 12. The Morgan fingerprint density at radius 3 is 0.204 bits per heavy atom. The predicted molar refractivity (Wildman–Crippen MR) is 166 cm³/mol. The maximum atomic E-state index is 9.75. The van der Waals surface area contributed by atoms with E-state index in [1.807, 2.05) is 0 Å². The van der Waals surface area contributed by atoms with Crippen LogP contribution in [0.5, 0.6) is 0 Å². The van der Waals surface area contributed by atoms with Crippen molar-refractivity contribution in [3.05, 3.63) is 0 Å². The van der Waals surface area contributed by atoms with Gasteiger partial charge in [0.1, 0.15) is 0 Å². The molecule has 0 aliphatic rings. The maximum absolute atomic E-state index is 9.75. The zero-order valence-electron chi connectivity index (χ0n) is 30.5. The summed E-state index contributed by atoms with van der Waals surface area (Å²) in [6, 6.07) is 21.0. The van der Waals surface area contributed by atoms with E-state index in [0.29, 0.717) is 0 Å². The van der Waals surface area contributed by atoms with Crippen LogP contribution in [0.15, 0.2) is 0 Å². The van der Waals surface area contributed by atoms with Gasteiger partial charge in [-0.2, -0.15) is 63.1 Å². The average molecular weight is 944 g/mol. The van der Waals surface area contributed by atoms with Crippen LogP contribution in [0, 0.1) is 136 Å². The Labute approximate surface area is 342 Å². The minimum absolute atomic E-state index is 0. The van der Waals surface area contributed by atoms with Gasteiger partial charge in [-0.3, -0.25) is 0 Å². The molecular weight excluding hydrogens is 907 g/mol. The molecule has 318 valence electrons. The first kappa shape index (κ1) is 118. The van der Waals surface area contributed by atoms with Gasteiger partial charge in [0, 0.05) is 83.1 Å². The molecule has 30 heteroatoms. The first-order valence-corrected chi connectivity index (χ1v) is 11.3. The van der Waals surface area contributed by atoms with Gasteiger partial charge < -0.3 is 51.8 Å². The topological polar surface area (TPSA) is 285 Å². The Hall–Kier alpha value is -5.21.